The second-order valence-electron chi connectivity index (χ2n) is 9.32. The summed E-state index contributed by atoms with van der Waals surface area (Å²) in [6.45, 7) is 3.98. The summed E-state index contributed by atoms with van der Waals surface area (Å²) in [4.78, 5) is 37.3. The van der Waals surface area contributed by atoms with Crippen LogP contribution < -0.4 is 9.64 Å². The Kier molecular flexibility index (Phi) is 6.17. The van der Waals surface area contributed by atoms with Crippen LogP contribution in [-0.2, 0) is 9.59 Å². The predicted octanol–water partition coefficient (Wildman–Crippen LogP) is 6.73. The Balaban J connectivity index is 1.53. The first-order chi connectivity index (χ1) is 18.9. The number of rotatable bonds is 5. The molecule has 39 heavy (non-hydrogen) atoms. The van der Waals surface area contributed by atoms with Crippen molar-refractivity contribution in [3.05, 3.63) is 119 Å². The second kappa shape index (κ2) is 9.81. The van der Waals surface area contributed by atoms with Crippen LogP contribution in [0.25, 0.3) is 16.0 Å². The fourth-order valence-corrected chi connectivity index (χ4v) is 6.01. The molecule has 3 heterocycles. The molecule has 5 aromatic rings. The van der Waals surface area contributed by atoms with Crippen molar-refractivity contribution in [3.63, 3.8) is 0 Å². The molecule has 0 radical (unpaired) electrons. The molecule has 0 bridgehead atoms. The molecule has 1 saturated heterocycles. The number of anilines is 1. The maximum Gasteiger partial charge on any atom is 0.301 e. The van der Waals surface area contributed by atoms with Crippen LogP contribution in [0.3, 0.4) is 0 Å². The van der Waals surface area contributed by atoms with Crippen molar-refractivity contribution in [2.24, 2.45) is 0 Å². The number of benzene rings is 3. The minimum atomic E-state index is -0.917. The highest BCUT2D eigenvalue weighted by atomic mass is 32.1. The number of thiazole rings is 1. The number of ether oxygens (including phenoxy) is 1. The van der Waals surface area contributed by atoms with Gasteiger partial charge in [-0.2, -0.15) is 0 Å². The molecular formula is C31H23N3O4S. The van der Waals surface area contributed by atoms with Gasteiger partial charge in [-0.25, -0.2) is 4.98 Å². The molecule has 1 aliphatic rings. The van der Waals surface area contributed by atoms with E-state index in [-0.39, 0.29) is 11.3 Å². The fraction of sp³-hybridized carbons (Fsp3) is 0.0968. The van der Waals surface area contributed by atoms with E-state index in [0.29, 0.717) is 27.8 Å². The first-order valence-corrected chi connectivity index (χ1v) is 13.1. The first kappa shape index (κ1) is 24.5. The van der Waals surface area contributed by atoms with E-state index in [9.17, 15) is 14.7 Å². The Hall–Kier alpha value is -4.82. The highest BCUT2D eigenvalue weighted by Gasteiger charge is 2.48. The van der Waals surface area contributed by atoms with Crippen molar-refractivity contribution in [3.8, 4) is 11.5 Å². The number of para-hydroxylation sites is 1. The van der Waals surface area contributed by atoms with Crippen LogP contribution in [0.1, 0.15) is 28.3 Å². The number of ketones is 1. The van der Waals surface area contributed by atoms with Gasteiger partial charge in [-0.05, 0) is 73.0 Å². The van der Waals surface area contributed by atoms with Crippen LogP contribution in [0.5, 0.6) is 11.5 Å². The second-order valence-corrected chi connectivity index (χ2v) is 10.3. The zero-order chi connectivity index (χ0) is 27.1. The molecule has 7 nitrogen and oxygen atoms in total. The minimum absolute atomic E-state index is 0.0183. The Morgan fingerprint density at radius 2 is 1.67 bits per heavy atom. The summed E-state index contributed by atoms with van der Waals surface area (Å²) in [5, 5.41) is 11.7. The van der Waals surface area contributed by atoms with Gasteiger partial charge in [0.05, 0.1) is 21.8 Å². The lowest BCUT2D eigenvalue weighted by Gasteiger charge is -2.23. The van der Waals surface area contributed by atoms with E-state index < -0.39 is 17.7 Å². The average Bonchev–Trinajstić information content (AvgIpc) is 3.48. The normalized spacial score (nSPS) is 16.7. The van der Waals surface area contributed by atoms with Crippen LogP contribution in [-0.4, -0.2) is 26.8 Å². The standard InChI is InChI=1S/C31H23N3O4S/c1-18-15-19(2)26-24(16-18)39-31(33-26)34-27(21-7-6-10-23(17-21)38-22-8-4-3-5-9-22)25(29(36)30(34)37)28(35)20-11-13-32-14-12-20/h3-17,27,35H,1-2H3. The summed E-state index contributed by atoms with van der Waals surface area (Å²) < 4.78 is 6.96. The number of aryl methyl sites for hydroxylation is 2. The van der Waals surface area contributed by atoms with Gasteiger partial charge in [-0.15, -0.1) is 0 Å². The van der Waals surface area contributed by atoms with Crippen molar-refractivity contribution in [2.45, 2.75) is 19.9 Å². The molecule has 1 fully saturated rings. The lowest BCUT2D eigenvalue weighted by molar-refractivity contribution is -0.132. The molecule has 8 heteroatoms. The fourth-order valence-electron chi connectivity index (χ4n) is 4.85. The molecule has 2 aromatic heterocycles. The topological polar surface area (TPSA) is 92.6 Å². The number of Topliss-reactive ketones (excluding diaryl/α,β-unsaturated/α-hetero) is 1. The molecule has 1 aliphatic heterocycles. The number of carbonyl (C=O) groups excluding carboxylic acids is 2. The smallest absolute Gasteiger partial charge is 0.301 e. The molecule has 0 aliphatic carbocycles. The van der Waals surface area contributed by atoms with Crippen molar-refractivity contribution in [1.82, 2.24) is 9.97 Å². The van der Waals surface area contributed by atoms with Gasteiger partial charge in [-0.3, -0.25) is 19.5 Å². The predicted molar refractivity (Wildman–Crippen MR) is 151 cm³/mol. The van der Waals surface area contributed by atoms with Gasteiger partial charge >= 0.3 is 5.91 Å². The quantitative estimate of drug-likeness (QED) is 0.153. The maximum absolute atomic E-state index is 13.6. The van der Waals surface area contributed by atoms with Crippen LogP contribution in [0.2, 0.25) is 0 Å². The third-order valence-electron chi connectivity index (χ3n) is 6.58. The SMILES string of the molecule is Cc1cc(C)c2nc(N3C(=O)C(=O)C(=C(O)c4ccncc4)C3c3cccc(Oc4ccccc4)c3)sc2c1. The van der Waals surface area contributed by atoms with Crippen LogP contribution >= 0.6 is 11.3 Å². The summed E-state index contributed by atoms with van der Waals surface area (Å²) in [5.74, 6) is -0.624. The number of hydrogen-bond acceptors (Lipinski definition) is 7. The zero-order valence-corrected chi connectivity index (χ0v) is 22.0. The summed E-state index contributed by atoms with van der Waals surface area (Å²) in [6.07, 6.45) is 3.04. The van der Waals surface area contributed by atoms with E-state index in [0.717, 1.165) is 21.3 Å². The van der Waals surface area contributed by atoms with Crippen LogP contribution in [0, 0.1) is 13.8 Å². The van der Waals surface area contributed by atoms with Crippen molar-refractivity contribution < 1.29 is 19.4 Å². The maximum atomic E-state index is 13.6. The number of hydrogen-bond donors (Lipinski definition) is 1. The molecule has 1 unspecified atom stereocenters. The number of aromatic nitrogens is 2. The van der Waals surface area contributed by atoms with E-state index >= 15 is 0 Å². The Bertz CT molecular complexity index is 1760. The van der Waals surface area contributed by atoms with Gasteiger partial charge in [0.25, 0.3) is 5.78 Å². The number of aliphatic hydroxyl groups is 1. The van der Waals surface area contributed by atoms with Gasteiger partial charge in [-0.1, -0.05) is 47.7 Å². The molecule has 1 amide bonds. The molecule has 0 saturated carbocycles. The number of pyridine rings is 1. The lowest BCUT2D eigenvalue weighted by Crippen LogP contribution is -2.29. The Labute approximate surface area is 228 Å². The van der Waals surface area contributed by atoms with E-state index in [1.807, 2.05) is 62.4 Å². The first-order valence-electron chi connectivity index (χ1n) is 12.3. The van der Waals surface area contributed by atoms with Gasteiger partial charge in [0.15, 0.2) is 5.13 Å². The largest absolute Gasteiger partial charge is 0.507 e. The Morgan fingerprint density at radius 1 is 0.923 bits per heavy atom. The molecule has 192 valence electrons. The summed E-state index contributed by atoms with van der Waals surface area (Å²) >= 11 is 1.34. The highest BCUT2D eigenvalue weighted by molar-refractivity contribution is 7.22. The van der Waals surface area contributed by atoms with Crippen molar-refractivity contribution in [2.75, 3.05) is 4.90 Å². The zero-order valence-electron chi connectivity index (χ0n) is 21.2. The molecule has 1 N–H and O–H groups in total. The number of carbonyl (C=O) groups is 2. The number of aliphatic hydroxyl groups excluding tert-OH is 1. The van der Waals surface area contributed by atoms with E-state index in [4.69, 9.17) is 9.72 Å². The monoisotopic (exact) mass is 533 g/mol. The van der Waals surface area contributed by atoms with Gasteiger partial charge in [0, 0.05) is 18.0 Å². The number of nitrogens with zero attached hydrogens (tertiary/aromatic N) is 3. The molecule has 1 atom stereocenters. The molecule has 3 aromatic carbocycles. The summed E-state index contributed by atoms with van der Waals surface area (Å²) in [7, 11) is 0. The van der Waals surface area contributed by atoms with Gasteiger partial charge in [0.1, 0.15) is 17.3 Å². The summed E-state index contributed by atoms with van der Waals surface area (Å²) in [5.41, 5.74) is 3.81. The third-order valence-corrected chi connectivity index (χ3v) is 7.58. The Morgan fingerprint density at radius 3 is 2.44 bits per heavy atom. The lowest BCUT2D eigenvalue weighted by atomic mass is 9.95. The minimum Gasteiger partial charge on any atom is -0.507 e. The van der Waals surface area contributed by atoms with E-state index in [1.165, 1.54) is 28.6 Å². The van der Waals surface area contributed by atoms with Crippen LogP contribution in [0.4, 0.5) is 5.13 Å². The van der Waals surface area contributed by atoms with Gasteiger partial charge in [0.2, 0.25) is 0 Å². The molecule has 0 spiro atoms. The third kappa shape index (κ3) is 4.45. The van der Waals surface area contributed by atoms with E-state index in [2.05, 4.69) is 4.98 Å². The number of fused-ring (bicyclic) bond motifs is 1. The van der Waals surface area contributed by atoms with Crippen LogP contribution in [0.15, 0.2) is 96.8 Å². The van der Waals surface area contributed by atoms with Crippen molar-refractivity contribution >= 4 is 44.1 Å². The average molecular weight is 534 g/mol. The van der Waals surface area contributed by atoms with Gasteiger partial charge < -0.3 is 9.84 Å². The molecular weight excluding hydrogens is 510 g/mol. The summed E-state index contributed by atoms with van der Waals surface area (Å²) in [6, 6.07) is 22.8. The van der Waals surface area contributed by atoms with E-state index in [1.54, 1.807) is 30.3 Å². The highest BCUT2D eigenvalue weighted by Crippen LogP contribution is 2.45. The van der Waals surface area contributed by atoms with Crippen molar-refractivity contribution in [1.29, 1.82) is 0 Å². The molecule has 6 rings (SSSR count). The number of amides is 1.